The van der Waals surface area contributed by atoms with Crippen LogP contribution < -0.4 is 15.2 Å². The minimum absolute atomic E-state index is 0.0582. The predicted molar refractivity (Wildman–Crippen MR) is 74.6 cm³/mol. The molecular formula is C12H20N2O4S. The molecule has 0 amide bonds. The van der Waals surface area contributed by atoms with Gasteiger partial charge in [-0.1, -0.05) is 0 Å². The zero-order chi connectivity index (χ0) is 14.1. The first-order valence-corrected chi connectivity index (χ1v) is 7.63. The summed E-state index contributed by atoms with van der Waals surface area (Å²) in [4.78, 5) is 0. The molecule has 0 aliphatic carbocycles. The third kappa shape index (κ3) is 7.00. The van der Waals surface area contributed by atoms with E-state index in [0.29, 0.717) is 24.5 Å². The number of ether oxygens (including phenoxy) is 2. The highest BCUT2D eigenvalue weighted by molar-refractivity contribution is 7.89. The Hall–Kier alpha value is -1.31. The summed E-state index contributed by atoms with van der Waals surface area (Å²) in [5.41, 5.74) is 6.20. The Bertz CT molecular complexity index is 459. The van der Waals surface area contributed by atoms with E-state index < -0.39 is 10.0 Å². The van der Waals surface area contributed by atoms with Crippen molar-refractivity contribution >= 4 is 15.7 Å². The molecule has 0 aliphatic heterocycles. The normalized spacial score (nSPS) is 11.4. The lowest BCUT2D eigenvalue weighted by Crippen LogP contribution is -2.30. The van der Waals surface area contributed by atoms with Gasteiger partial charge in [0.2, 0.25) is 10.0 Å². The van der Waals surface area contributed by atoms with E-state index in [1.807, 2.05) is 0 Å². The fraction of sp³-hybridized carbons (Fsp3) is 0.500. The van der Waals surface area contributed by atoms with Gasteiger partial charge in [0.15, 0.2) is 0 Å². The molecule has 0 aliphatic rings. The lowest BCUT2D eigenvalue weighted by molar-refractivity contribution is 0.199. The molecule has 0 atom stereocenters. The van der Waals surface area contributed by atoms with E-state index in [-0.39, 0.29) is 18.9 Å². The van der Waals surface area contributed by atoms with Gasteiger partial charge in [0.1, 0.15) is 12.4 Å². The molecule has 0 unspecified atom stereocenters. The molecule has 19 heavy (non-hydrogen) atoms. The van der Waals surface area contributed by atoms with Crippen molar-refractivity contribution in [1.82, 2.24) is 4.72 Å². The summed E-state index contributed by atoms with van der Waals surface area (Å²) in [5, 5.41) is 0. The molecule has 1 rings (SSSR count). The van der Waals surface area contributed by atoms with E-state index in [2.05, 4.69) is 4.72 Å². The highest BCUT2D eigenvalue weighted by Gasteiger charge is 2.08. The SMILES string of the molecule is COCCCS(=O)(=O)NCCOc1ccc(N)cc1. The molecule has 0 heterocycles. The maximum absolute atomic E-state index is 11.5. The summed E-state index contributed by atoms with van der Waals surface area (Å²) in [6.07, 6.45) is 0.477. The van der Waals surface area contributed by atoms with Gasteiger partial charge in [-0.05, 0) is 30.7 Å². The Balaban J connectivity index is 2.21. The van der Waals surface area contributed by atoms with Gasteiger partial charge >= 0.3 is 0 Å². The molecule has 0 saturated carbocycles. The zero-order valence-corrected chi connectivity index (χ0v) is 11.8. The smallest absolute Gasteiger partial charge is 0.211 e. The van der Waals surface area contributed by atoms with Crippen molar-refractivity contribution < 1.29 is 17.9 Å². The van der Waals surface area contributed by atoms with E-state index in [1.165, 1.54) is 0 Å². The second-order valence-corrected chi connectivity index (χ2v) is 5.90. The van der Waals surface area contributed by atoms with Crippen LogP contribution in [0.3, 0.4) is 0 Å². The summed E-state index contributed by atoms with van der Waals surface area (Å²) in [6.45, 7) is 0.940. The van der Waals surface area contributed by atoms with Crippen LogP contribution in [0.1, 0.15) is 6.42 Å². The average molecular weight is 288 g/mol. The Labute approximate surface area is 113 Å². The Morgan fingerprint density at radius 3 is 2.53 bits per heavy atom. The standard InChI is InChI=1S/C12H20N2O4S/c1-17-8-2-10-19(15,16)14-7-9-18-12-5-3-11(13)4-6-12/h3-6,14H,2,7-10,13H2,1H3. The zero-order valence-electron chi connectivity index (χ0n) is 11.0. The van der Waals surface area contributed by atoms with Crippen LogP contribution in [0, 0.1) is 0 Å². The van der Waals surface area contributed by atoms with Crippen LogP contribution in [0.15, 0.2) is 24.3 Å². The van der Waals surface area contributed by atoms with Crippen LogP contribution in [-0.2, 0) is 14.8 Å². The molecule has 3 N–H and O–H groups in total. The van der Waals surface area contributed by atoms with Gasteiger partial charge < -0.3 is 15.2 Å². The van der Waals surface area contributed by atoms with Crippen molar-refractivity contribution in [3.05, 3.63) is 24.3 Å². The molecule has 0 saturated heterocycles. The topological polar surface area (TPSA) is 90.7 Å². The molecule has 1 aromatic rings. The second kappa shape index (κ2) is 7.98. The molecule has 0 fully saturated rings. The van der Waals surface area contributed by atoms with Gasteiger partial charge in [-0.25, -0.2) is 13.1 Å². The highest BCUT2D eigenvalue weighted by Crippen LogP contribution is 2.12. The number of nitrogen functional groups attached to an aromatic ring is 1. The molecule has 1 aromatic carbocycles. The van der Waals surface area contributed by atoms with Gasteiger partial charge in [0, 0.05) is 25.9 Å². The van der Waals surface area contributed by atoms with Crippen LogP contribution in [0.25, 0.3) is 0 Å². The maximum Gasteiger partial charge on any atom is 0.211 e. The largest absolute Gasteiger partial charge is 0.492 e. The molecular weight excluding hydrogens is 268 g/mol. The first-order valence-electron chi connectivity index (χ1n) is 5.98. The van der Waals surface area contributed by atoms with Gasteiger partial charge in [0.25, 0.3) is 0 Å². The number of methoxy groups -OCH3 is 1. The number of benzene rings is 1. The Morgan fingerprint density at radius 2 is 1.89 bits per heavy atom. The Morgan fingerprint density at radius 1 is 1.21 bits per heavy atom. The van der Waals surface area contributed by atoms with Crippen LogP contribution >= 0.6 is 0 Å². The van der Waals surface area contributed by atoms with Gasteiger partial charge in [-0.15, -0.1) is 0 Å². The maximum atomic E-state index is 11.5. The minimum Gasteiger partial charge on any atom is -0.492 e. The van der Waals surface area contributed by atoms with E-state index in [4.69, 9.17) is 15.2 Å². The lowest BCUT2D eigenvalue weighted by Gasteiger charge is -2.08. The van der Waals surface area contributed by atoms with E-state index >= 15 is 0 Å². The first-order chi connectivity index (χ1) is 9.03. The van der Waals surface area contributed by atoms with Crippen molar-refractivity contribution in [2.75, 3.05) is 38.4 Å². The summed E-state index contributed by atoms with van der Waals surface area (Å²) < 4.78 is 35.7. The second-order valence-electron chi connectivity index (χ2n) is 3.98. The number of hydrogen-bond donors (Lipinski definition) is 2. The summed E-state index contributed by atoms with van der Waals surface area (Å²) >= 11 is 0. The van der Waals surface area contributed by atoms with Crippen LogP contribution in [-0.4, -0.2) is 41.0 Å². The third-order valence-electron chi connectivity index (χ3n) is 2.33. The molecule has 0 spiro atoms. The summed E-state index contributed by atoms with van der Waals surface area (Å²) in [5.74, 6) is 0.718. The molecule has 0 radical (unpaired) electrons. The third-order valence-corrected chi connectivity index (χ3v) is 3.80. The number of rotatable bonds is 9. The molecule has 0 bridgehead atoms. The molecule has 0 aromatic heterocycles. The van der Waals surface area contributed by atoms with E-state index in [1.54, 1.807) is 31.4 Å². The number of nitrogens with one attached hydrogen (secondary N) is 1. The van der Waals surface area contributed by atoms with Gasteiger partial charge in [-0.3, -0.25) is 0 Å². The van der Waals surface area contributed by atoms with E-state index in [0.717, 1.165) is 0 Å². The van der Waals surface area contributed by atoms with Crippen molar-refractivity contribution in [3.8, 4) is 5.75 Å². The number of sulfonamides is 1. The van der Waals surface area contributed by atoms with Crippen molar-refractivity contribution in [2.45, 2.75) is 6.42 Å². The Kier molecular flexibility index (Phi) is 6.61. The molecule has 7 heteroatoms. The minimum atomic E-state index is -3.24. The first kappa shape index (κ1) is 15.7. The van der Waals surface area contributed by atoms with Gasteiger partial charge in [0.05, 0.1) is 5.75 Å². The number of anilines is 1. The fourth-order valence-corrected chi connectivity index (χ4v) is 2.43. The molecule has 108 valence electrons. The highest BCUT2D eigenvalue weighted by atomic mass is 32.2. The van der Waals surface area contributed by atoms with Crippen molar-refractivity contribution in [1.29, 1.82) is 0 Å². The lowest BCUT2D eigenvalue weighted by atomic mass is 10.3. The quantitative estimate of drug-likeness (QED) is 0.513. The number of nitrogens with two attached hydrogens (primary N) is 1. The monoisotopic (exact) mass is 288 g/mol. The predicted octanol–water partition coefficient (Wildman–Crippen LogP) is 0.604. The van der Waals surface area contributed by atoms with Crippen molar-refractivity contribution in [2.24, 2.45) is 0 Å². The average Bonchev–Trinajstić information content (AvgIpc) is 2.37. The fourth-order valence-electron chi connectivity index (χ4n) is 1.40. The van der Waals surface area contributed by atoms with Crippen LogP contribution in [0.5, 0.6) is 5.75 Å². The van der Waals surface area contributed by atoms with Crippen LogP contribution in [0.2, 0.25) is 0 Å². The molecule has 6 nitrogen and oxygen atoms in total. The van der Waals surface area contributed by atoms with Gasteiger partial charge in [-0.2, -0.15) is 0 Å². The number of hydrogen-bond acceptors (Lipinski definition) is 5. The summed E-state index contributed by atoms with van der Waals surface area (Å²) in [6, 6.07) is 6.93. The van der Waals surface area contributed by atoms with E-state index in [9.17, 15) is 8.42 Å². The summed E-state index contributed by atoms with van der Waals surface area (Å²) in [7, 11) is -1.70. The van der Waals surface area contributed by atoms with Crippen LogP contribution in [0.4, 0.5) is 5.69 Å². The van der Waals surface area contributed by atoms with Crippen molar-refractivity contribution in [3.63, 3.8) is 0 Å².